The minimum atomic E-state index is -0.763. The maximum absolute atomic E-state index is 11.8. The topological polar surface area (TPSA) is 117 Å². The molecule has 2 rings (SSSR count). The number of hydrogen-bond acceptors (Lipinski definition) is 6. The second-order valence-electron chi connectivity index (χ2n) is 3.88. The number of primary amides is 1. The average Bonchev–Trinajstić information content (AvgIpc) is 2.89. The third-order valence-corrected chi connectivity index (χ3v) is 2.40. The number of carbonyl (C=O) groups excluding carboxylic acids is 3. The largest absolute Gasteiger partial charge is 0.454 e. The summed E-state index contributed by atoms with van der Waals surface area (Å²) in [5.41, 5.74) is 5.13. The van der Waals surface area contributed by atoms with Gasteiger partial charge >= 0.3 is 5.97 Å². The lowest BCUT2D eigenvalue weighted by molar-refractivity contribution is -0.146. The van der Waals surface area contributed by atoms with E-state index in [-0.39, 0.29) is 13.3 Å². The van der Waals surface area contributed by atoms with E-state index in [1.54, 1.807) is 6.07 Å². The van der Waals surface area contributed by atoms with Crippen LogP contribution in [0.2, 0.25) is 0 Å². The second kappa shape index (κ2) is 5.91. The zero-order valence-electron chi connectivity index (χ0n) is 10.4. The van der Waals surface area contributed by atoms with Crippen LogP contribution in [0.15, 0.2) is 18.2 Å². The number of amides is 2. The number of rotatable bonds is 5. The molecule has 1 aliphatic heterocycles. The summed E-state index contributed by atoms with van der Waals surface area (Å²) in [6, 6.07) is 4.65. The summed E-state index contributed by atoms with van der Waals surface area (Å²) in [6.45, 7) is -0.765. The van der Waals surface area contributed by atoms with E-state index < -0.39 is 24.4 Å². The molecular formula is C12H12N2O6. The second-order valence-corrected chi connectivity index (χ2v) is 3.88. The fraction of sp³-hybridized carbons (Fsp3) is 0.250. The standard InChI is InChI=1S/C12H12N2O6/c13-10(15)5-18-11(16)4-14-12(17)7-1-2-8-9(3-7)20-6-19-8/h1-3H,4-6H2,(H2,13,15)(H,14,17). The van der Waals surface area contributed by atoms with Crippen LogP contribution >= 0.6 is 0 Å². The maximum Gasteiger partial charge on any atom is 0.325 e. The zero-order valence-corrected chi connectivity index (χ0v) is 10.4. The van der Waals surface area contributed by atoms with E-state index in [0.29, 0.717) is 17.1 Å². The van der Waals surface area contributed by atoms with E-state index in [0.717, 1.165) is 0 Å². The van der Waals surface area contributed by atoms with Crippen LogP contribution in [0.3, 0.4) is 0 Å². The van der Waals surface area contributed by atoms with Crippen molar-refractivity contribution in [2.45, 2.75) is 0 Å². The summed E-state index contributed by atoms with van der Waals surface area (Å²) in [6.07, 6.45) is 0. The summed E-state index contributed by atoms with van der Waals surface area (Å²) in [5, 5.41) is 2.35. The third kappa shape index (κ3) is 3.37. The van der Waals surface area contributed by atoms with Crippen LogP contribution in [-0.2, 0) is 14.3 Å². The van der Waals surface area contributed by atoms with Crippen molar-refractivity contribution >= 4 is 17.8 Å². The van der Waals surface area contributed by atoms with Gasteiger partial charge in [0.15, 0.2) is 18.1 Å². The third-order valence-electron chi connectivity index (χ3n) is 2.40. The predicted molar refractivity (Wildman–Crippen MR) is 65.1 cm³/mol. The molecule has 1 aromatic rings. The molecule has 1 aromatic carbocycles. The first kappa shape index (κ1) is 13.7. The van der Waals surface area contributed by atoms with Crippen molar-refractivity contribution < 1.29 is 28.6 Å². The van der Waals surface area contributed by atoms with Gasteiger partial charge in [0.05, 0.1) is 0 Å². The fourth-order valence-corrected chi connectivity index (χ4v) is 1.49. The highest BCUT2D eigenvalue weighted by Gasteiger charge is 2.16. The SMILES string of the molecule is NC(=O)COC(=O)CNC(=O)c1ccc2c(c1)OCO2. The number of carbonyl (C=O) groups is 3. The lowest BCUT2D eigenvalue weighted by Crippen LogP contribution is -2.32. The molecule has 0 saturated carbocycles. The first-order valence-electron chi connectivity index (χ1n) is 5.68. The minimum absolute atomic E-state index is 0.111. The number of ether oxygens (including phenoxy) is 3. The molecule has 0 bridgehead atoms. The Labute approximate surface area is 113 Å². The summed E-state index contributed by atoms with van der Waals surface area (Å²) in [7, 11) is 0. The van der Waals surface area contributed by atoms with E-state index in [2.05, 4.69) is 10.1 Å². The molecule has 106 valence electrons. The van der Waals surface area contributed by atoms with E-state index >= 15 is 0 Å². The van der Waals surface area contributed by atoms with Crippen molar-refractivity contribution in [3.8, 4) is 11.5 Å². The highest BCUT2D eigenvalue weighted by atomic mass is 16.7. The molecule has 0 aliphatic carbocycles. The smallest absolute Gasteiger partial charge is 0.325 e. The van der Waals surface area contributed by atoms with Crippen molar-refractivity contribution in [2.24, 2.45) is 5.73 Å². The highest BCUT2D eigenvalue weighted by molar-refractivity contribution is 5.96. The maximum atomic E-state index is 11.8. The van der Waals surface area contributed by atoms with E-state index in [4.69, 9.17) is 15.2 Å². The Hall–Kier alpha value is -2.77. The van der Waals surface area contributed by atoms with Gasteiger partial charge in [-0.15, -0.1) is 0 Å². The average molecular weight is 280 g/mol. The van der Waals surface area contributed by atoms with Crippen LogP contribution in [0.1, 0.15) is 10.4 Å². The van der Waals surface area contributed by atoms with E-state index in [9.17, 15) is 14.4 Å². The molecule has 8 heteroatoms. The van der Waals surface area contributed by atoms with E-state index in [1.807, 2.05) is 0 Å². The van der Waals surface area contributed by atoms with Crippen LogP contribution < -0.4 is 20.5 Å². The van der Waals surface area contributed by atoms with Crippen molar-refractivity contribution in [3.63, 3.8) is 0 Å². The molecule has 0 aromatic heterocycles. The van der Waals surface area contributed by atoms with Crippen LogP contribution in [0.5, 0.6) is 11.5 Å². The number of hydrogen-bond donors (Lipinski definition) is 2. The molecule has 1 heterocycles. The van der Waals surface area contributed by atoms with Gasteiger partial charge in [-0.3, -0.25) is 14.4 Å². The number of benzene rings is 1. The molecule has 8 nitrogen and oxygen atoms in total. The molecule has 1 aliphatic rings. The van der Waals surface area contributed by atoms with Crippen molar-refractivity contribution in [1.82, 2.24) is 5.32 Å². The number of esters is 1. The fourth-order valence-electron chi connectivity index (χ4n) is 1.49. The normalized spacial score (nSPS) is 11.8. The number of nitrogens with two attached hydrogens (primary N) is 1. The first-order valence-corrected chi connectivity index (χ1v) is 5.68. The van der Waals surface area contributed by atoms with E-state index in [1.165, 1.54) is 12.1 Å². The quantitative estimate of drug-likeness (QED) is 0.680. The van der Waals surface area contributed by atoms with Crippen molar-refractivity contribution in [3.05, 3.63) is 23.8 Å². The summed E-state index contributed by atoms with van der Waals surface area (Å²) in [5.74, 6) is -0.964. The molecule has 2 amide bonds. The van der Waals surface area contributed by atoms with Crippen LogP contribution in [-0.4, -0.2) is 37.7 Å². The predicted octanol–water partition coefficient (Wildman–Crippen LogP) is -0.826. The Bertz CT molecular complexity index is 557. The number of fused-ring (bicyclic) bond motifs is 1. The highest BCUT2D eigenvalue weighted by Crippen LogP contribution is 2.32. The van der Waals surface area contributed by atoms with Crippen LogP contribution in [0, 0.1) is 0 Å². The van der Waals surface area contributed by atoms with Gasteiger partial charge in [0.2, 0.25) is 6.79 Å². The molecule has 3 N–H and O–H groups in total. The van der Waals surface area contributed by atoms with Crippen molar-refractivity contribution in [2.75, 3.05) is 19.9 Å². The molecule has 0 fully saturated rings. The first-order chi connectivity index (χ1) is 9.56. The lowest BCUT2D eigenvalue weighted by Gasteiger charge is -2.06. The van der Waals surface area contributed by atoms with Gasteiger partial charge in [-0.05, 0) is 18.2 Å². The Kier molecular flexibility index (Phi) is 4.04. The lowest BCUT2D eigenvalue weighted by atomic mass is 10.2. The molecule has 0 saturated heterocycles. The van der Waals surface area contributed by atoms with Crippen molar-refractivity contribution in [1.29, 1.82) is 0 Å². The molecule has 0 unspecified atom stereocenters. The Morgan fingerprint density at radius 2 is 2.00 bits per heavy atom. The van der Waals surface area contributed by atoms with Crippen LogP contribution in [0.4, 0.5) is 0 Å². The van der Waals surface area contributed by atoms with Gasteiger partial charge in [0, 0.05) is 5.56 Å². The Balaban J connectivity index is 1.86. The molecule has 0 radical (unpaired) electrons. The Morgan fingerprint density at radius 3 is 2.75 bits per heavy atom. The van der Waals surface area contributed by atoms with Gasteiger partial charge in [0.1, 0.15) is 6.54 Å². The zero-order chi connectivity index (χ0) is 14.5. The van der Waals surface area contributed by atoms with Gasteiger partial charge in [0.25, 0.3) is 11.8 Å². The van der Waals surface area contributed by atoms with Gasteiger partial charge in [-0.25, -0.2) is 0 Å². The summed E-state index contributed by atoms with van der Waals surface area (Å²) < 4.78 is 14.7. The minimum Gasteiger partial charge on any atom is -0.454 e. The van der Waals surface area contributed by atoms with Crippen LogP contribution in [0.25, 0.3) is 0 Å². The molecule has 20 heavy (non-hydrogen) atoms. The molecular weight excluding hydrogens is 268 g/mol. The van der Waals surface area contributed by atoms with Gasteiger partial charge in [-0.2, -0.15) is 0 Å². The Morgan fingerprint density at radius 1 is 1.25 bits per heavy atom. The molecule has 0 atom stereocenters. The van der Waals surface area contributed by atoms with Gasteiger partial charge < -0.3 is 25.3 Å². The molecule has 0 spiro atoms. The summed E-state index contributed by atoms with van der Waals surface area (Å²) >= 11 is 0. The van der Waals surface area contributed by atoms with Gasteiger partial charge in [-0.1, -0.05) is 0 Å². The summed E-state index contributed by atoms with van der Waals surface area (Å²) in [4.78, 5) is 33.4. The monoisotopic (exact) mass is 280 g/mol. The number of nitrogens with one attached hydrogen (secondary N) is 1.